The summed E-state index contributed by atoms with van der Waals surface area (Å²) >= 11 is 0. The van der Waals surface area contributed by atoms with Crippen LogP contribution in [0.5, 0.6) is 0 Å². The largest absolute Gasteiger partial charge is 0.480 e. The number of aliphatic carboxylic acids is 2. The predicted molar refractivity (Wildman–Crippen MR) is 166 cm³/mol. The molecule has 1 saturated heterocycles. The smallest absolute Gasteiger partial charge is 0.317 e. The van der Waals surface area contributed by atoms with Gasteiger partial charge in [-0.2, -0.15) is 4.57 Å². The summed E-state index contributed by atoms with van der Waals surface area (Å²) < 4.78 is 2.06. The Balaban J connectivity index is 1.61. The van der Waals surface area contributed by atoms with E-state index in [-0.39, 0.29) is 37.9 Å². The van der Waals surface area contributed by atoms with E-state index in [0.29, 0.717) is 78.7 Å². The molecular weight excluding hydrogens is 580 g/mol. The third-order valence-electron chi connectivity index (χ3n) is 7.46. The van der Waals surface area contributed by atoms with Crippen molar-refractivity contribution in [3.63, 3.8) is 0 Å². The highest BCUT2D eigenvalue weighted by Gasteiger charge is 2.21. The number of carboxylic acids is 2. The van der Waals surface area contributed by atoms with Gasteiger partial charge >= 0.3 is 11.9 Å². The highest BCUT2D eigenvalue weighted by atomic mass is 16.4. The van der Waals surface area contributed by atoms with E-state index in [1.54, 1.807) is 6.20 Å². The molecule has 1 amide bonds. The number of rotatable bonds is 15. The highest BCUT2D eigenvalue weighted by Crippen LogP contribution is 2.03. The van der Waals surface area contributed by atoms with Crippen molar-refractivity contribution in [1.29, 1.82) is 0 Å². The maximum absolute atomic E-state index is 13.1. The molecule has 1 aliphatic heterocycles. The minimum atomic E-state index is -0.943. The van der Waals surface area contributed by atoms with Crippen molar-refractivity contribution in [2.45, 2.75) is 20.1 Å². The Bertz CT molecular complexity index is 1130. The average Bonchev–Trinajstić information content (AvgIpc) is 2.98. The summed E-state index contributed by atoms with van der Waals surface area (Å²) in [6.07, 6.45) is 5.74. The quantitative estimate of drug-likeness (QED) is 0.206. The molecule has 45 heavy (non-hydrogen) atoms. The van der Waals surface area contributed by atoms with E-state index in [4.69, 9.17) is 0 Å². The topological polar surface area (TPSA) is 154 Å². The zero-order valence-corrected chi connectivity index (χ0v) is 26.2. The summed E-state index contributed by atoms with van der Waals surface area (Å²) in [6, 6.07) is 11.7. The lowest BCUT2D eigenvalue weighted by Gasteiger charge is -2.33. The number of aromatic nitrogens is 2. The second kappa shape index (κ2) is 19.5. The van der Waals surface area contributed by atoms with Crippen LogP contribution >= 0.6 is 0 Å². The van der Waals surface area contributed by atoms with Crippen LogP contribution in [-0.4, -0.2) is 155 Å². The van der Waals surface area contributed by atoms with Crippen LogP contribution < -0.4 is 9.88 Å². The van der Waals surface area contributed by atoms with E-state index in [9.17, 15) is 29.4 Å². The molecule has 3 N–H and O–H groups in total. The van der Waals surface area contributed by atoms with Gasteiger partial charge in [0.25, 0.3) is 0 Å². The Morgan fingerprint density at radius 1 is 0.778 bits per heavy atom. The molecule has 3 heterocycles. The standard InChI is InChI=1S/C31H46N8O6/c1-27(40)21-34-13-17-36(24-30(42)43)19-15-35(16-20-37(18-14-34)25-31(44)45)23-29(41)33-9-12-39(22-28-7-3-4-8-32-28)26-38-10-5-2-6-11-38/h2-8,10-11H,9,12-26H2,1H3,(H2-,33,41,42,43,44,45)/p+1. The van der Waals surface area contributed by atoms with Crippen LogP contribution in [-0.2, 0) is 32.4 Å². The molecule has 0 unspecified atom stereocenters. The summed E-state index contributed by atoms with van der Waals surface area (Å²) in [5.74, 6) is -2.05. The van der Waals surface area contributed by atoms with E-state index in [1.807, 2.05) is 68.4 Å². The van der Waals surface area contributed by atoms with Crippen LogP contribution in [0.4, 0.5) is 0 Å². The molecule has 14 nitrogen and oxygen atoms in total. The van der Waals surface area contributed by atoms with Gasteiger partial charge in [-0.15, -0.1) is 0 Å². The molecule has 0 aromatic carbocycles. The maximum Gasteiger partial charge on any atom is 0.317 e. The molecule has 0 saturated carbocycles. The van der Waals surface area contributed by atoms with Gasteiger partial charge in [0.05, 0.1) is 31.9 Å². The molecule has 0 atom stereocenters. The van der Waals surface area contributed by atoms with E-state index in [0.717, 1.165) is 5.69 Å². The fraction of sp³-hybridized carbons (Fsp3) is 0.548. The number of nitrogens with zero attached hydrogens (tertiary/aromatic N) is 7. The van der Waals surface area contributed by atoms with Crippen molar-refractivity contribution >= 4 is 23.6 Å². The molecule has 0 spiro atoms. The van der Waals surface area contributed by atoms with Gasteiger partial charge in [-0.1, -0.05) is 12.1 Å². The average molecular weight is 628 g/mol. The maximum atomic E-state index is 13.1. The zero-order chi connectivity index (χ0) is 32.4. The second-order valence-electron chi connectivity index (χ2n) is 11.3. The van der Waals surface area contributed by atoms with Gasteiger partial charge < -0.3 is 15.5 Å². The lowest BCUT2D eigenvalue weighted by Crippen LogP contribution is -2.50. The van der Waals surface area contributed by atoms with E-state index >= 15 is 0 Å². The van der Waals surface area contributed by atoms with Gasteiger partial charge in [0.1, 0.15) is 5.78 Å². The molecule has 0 radical (unpaired) electrons. The lowest BCUT2D eigenvalue weighted by atomic mass is 10.3. The number of hydrogen-bond acceptors (Lipinski definition) is 10. The van der Waals surface area contributed by atoms with Crippen LogP contribution in [0.1, 0.15) is 12.6 Å². The van der Waals surface area contributed by atoms with Crippen molar-refractivity contribution in [2.75, 3.05) is 91.6 Å². The van der Waals surface area contributed by atoms with Crippen molar-refractivity contribution in [3.05, 3.63) is 60.7 Å². The van der Waals surface area contributed by atoms with Crippen molar-refractivity contribution < 1.29 is 34.0 Å². The van der Waals surface area contributed by atoms with Crippen LogP contribution in [0.15, 0.2) is 55.0 Å². The number of amides is 1. The monoisotopic (exact) mass is 627 g/mol. The summed E-state index contributed by atoms with van der Waals surface area (Å²) in [5, 5.41) is 22.0. The SMILES string of the molecule is CC(=O)CN1CCN(CC(=O)O)CCN(CC(=O)NCCN(Cc2ccccn2)C[n+]2ccccc2)CCN(CC(=O)O)CC1. The fourth-order valence-corrected chi connectivity index (χ4v) is 5.20. The van der Waals surface area contributed by atoms with Gasteiger partial charge in [0.15, 0.2) is 12.4 Å². The molecule has 0 aliphatic carbocycles. The van der Waals surface area contributed by atoms with Crippen LogP contribution in [0.2, 0.25) is 0 Å². The van der Waals surface area contributed by atoms with E-state index in [2.05, 4.69) is 19.8 Å². The summed E-state index contributed by atoms with van der Waals surface area (Å²) in [5.41, 5.74) is 0.931. The summed E-state index contributed by atoms with van der Waals surface area (Å²) in [7, 11) is 0. The number of nitrogens with one attached hydrogen (secondary N) is 1. The molecule has 14 heteroatoms. The number of pyridine rings is 2. The molecule has 2 aromatic rings. The molecule has 1 fully saturated rings. The number of carboxylic acid groups (broad SMARTS) is 2. The third-order valence-corrected chi connectivity index (χ3v) is 7.46. The molecule has 0 bridgehead atoms. The highest BCUT2D eigenvalue weighted by molar-refractivity contribution is 5.78. The Morgan fingerprint density at radius 3 is 1.80 bits per heavy atom. The van der Waals surface area contributed by atoms with E-state index < -0.39 is 11.9 Å². The van der Waals surface area contributed by atoms with Crippen LogP contribution in [0.25, 0.3) is 0 Å². The van der Waals surface area contributed by atoms with Crippen LogP contribution in [0, 0.1) is 0 Å². The number of hydrogen-bond donors (Lipinski definition) is 3. The van der Waals surface area contributed by atoms with Crippen molar-refractivity contribution in [2.24, 2.45) is 0 Å². The second-order valence-corrected chi connectivity index (χ2v) is 11.3. The van der Waals surface area contributed by atoms with Gasteiger partial charge in [-0.3, -0.25) is 43.8 Å². The third kappa shape index (κ3) is 15.1. The first-order chi connectivity index (χ1) is 21.7. The Hall–Kier alpha value is -3.82. The van der Waals surface area contributed by atoms with Gasteiger partial charge in [0, 0.05) is 90.3 Å². The summed E-state index contributed by atoms with van der Waals surface area (Å²) in [6.45, 7) is 7.32. The molecule has 246 valence electrons. The lowest BCUT2D eigenvalue weighted by molar-refractivity contribution is -0.716. The first-order valence-corrected chi connectivity index (χ1v) is 15.3. The Morgan fingerprint density at radius 2 is 1.31 bits per heavy atom. The van der Waals surface area contributed by atoms with E-state index in [1.165, 1.54) is 6.92 Å². The molecule has 1 aliphatic rings. The zero-order valence-electron chi connectivity index (χ0n) is 26.2. The Kier molecular flexibility index (Phi) is 15.5. The normalized spacial score (nSPS) is 16.5. The van der Waals surface area contributed by atoms with Gasteiger partial charge in [-0.25, -0.2) is 4.90 Å². The molecule has 3 rings (SSSR count). The predicted octanol–water partition coefficient (Wildman–Crippen LogP) is -1.08. The Labute approximate surface area is 264 Å². The first kappa shape index (κ1) is 35.7. The molecular formula is C31H47N8O6+. The molecule has 2 aromatic heterocycles. The van der Waals surface area contributed by atoms with Crippen molar-refractivity contribution in [1.82, 2.24) is 34.8 Å². The number of carbonyl (C=O) groups is 4. The first-order valence-electron chi connectivity index (χ1n) is 15.3. The number of ketones is 1. The minimum absolute atomic E-state index is 0.00692. The fourth-order valence-electron chi connectivity index (χ4n) is 5.20. The minimum Gasteiger partial charge on any atom is -0.480 e. The van der Waals surface area contributed by atoms with Gasteiger partial charge in [0.2, 0.25) is 12.6 Å². The number of Topliss-reactive ketones (excluding diaryl/α,β-unsaturated/α-hetero) is 1. The summed E-state index contributed by atoms with van der Waals surface area (Å²) in [4.78, 5) is 62.2. The number of carbonyl (C=O) groups excluding carboxylic acids is 2. The van der Waals surface area contributed by atoms with Crippen molar-refractivity contribution in [3.8, 4) is 0 Å². The van der Waals surface area contributed by atoms with Crippen LogP contribution in [0.3, 0.4) is 0 Å². The van der Waals surface area contributed by atoms with Gasteiger partial charge in [-0.05, 0) is 19.1 Å².